The molecule has 7 nitrogen and oxygen atoms in total. The minimum atomic E-state index is 0.144. The number of carbonyl (C=O) groups is 1. The highest BCUT2D eigenvalue weighted by molar-refractivity contribution is 5.88. The number of hydrogen-bond acceptors (Lipinski definition) is 6. The molecule has 0 radical (unpaired) electrons. The first-order chi connectivity index (χ1) is 12.1. The molecule has 0 unspecified atom stereocenters. The van der Waals surface area contributed by atoms with Crippen LogP contribution in [-0.4, -0.2) is 52.1 Å². The fourth-order valence-electron chi connectivity index (χ4n) is 3.97. The summed E-state index contributed by atoms with van der Waals surface area (Å²) >= 11 is 0. The maximum absolute atomic E-state index is 12.8. The number of amides is 1. The molecule has 0 aromatic carbocycles. The summed E-state index contributed by atoms with van der Waals surface area (Å²) in [7, 11) is 0. The molecule has 2 aliphatic rings. The standard InChI is InChI=1S/C18H25N5O2/c1-12-3-7-23(8-4-12)18(24)14-5-9-22(10-6-14)16-15-13(2)21-25-17(15)20-11-19-16/h11-12,14H,3-10H2,1-2H3. The van der Waals surface area contributed by atoms with Gasteiger partial charge in [-0.3, -0.25) is 4.79 Å². The van der Waals surface area contributed by atoms with Gasteiger partial charge in [0.2, 0.25) is 5.91 Å². The fraction of sp³-hybridized carbons (Fsp3) is 0.667. The van der Waals surface area contributed by atoms with Crippen LogP contribution in [0.2, 0.25) is 0 Å². The van der Waals surface area contributed by atoms with E-state index < -0.39 is 0 Å². The van der Waals surface area contributed by atoms with Crippen LogP contribution in [0.4, 0.5) is 5.82 Å². The van der Waals surface area contributed by atoms with Crippen LogP contribution in [0.3, 0.4) is 0 Å². The van der Waals surface area contributed by atoms with Crippen molar-refractivity contribution in [1.29, 1.82) is 0 Å². The Morgan fingerprint density at radius 3 is 2.56 bits per heavy atom. The summed E-state index contributed by atoms with van der Waals surface area (Å²) in [6.45, 7) is 7.69. The first kappa shape index (κ1) is 16.3. The number of carbonyl (C=O) groups excluding carboxylic acids is 1. The Hall–Kier alpha value is -2.18. The Balaban J connectivity index is 1.43. The molecule has 0 atom stereocenters. The van der Waals surface area contributed by atoms with E-state index in [9.17, 15) is 4.79 Å². The number of piperidine rings is 2. The second-order valence-electron chi connectivity index (χ2n) is 7.41. The molecular weight excluding hydrogens is 318 g/mol. The molecule has 25 heavy (non-hydrogen) atoms. The molecule has 2 fully saturated rings. The van der Waals surface area contributed by atoms with Gasteiger partial charge in [0, 0.05) is 32.1 Å². The highest BCUT2D eigenvalue weighted by Crippen LogP contribution is 2.30. The van der Waals surface area contributed by atoms with Crippen molar-refractivity contribution in [3.05, 3.63) is 12.0 Å². The Morgan fingerprint density at radius 1 is 1.12 bits per heavy atom. The van der Waals surface area contributed by atoms with E-state index in [0.29, 0.717) is 11.6 Å². The minimum absolute atomic E-state index is 0.144. The van der Waals surface area contributed by atoms with Crippen LogP contribution in [0, 0.1) is 18.8 Å². The van der Waals surface area contributed by atoms with E-state index in [4.69, 9.17) is 4.52 Å². The SMILES string of the molecule is Cc1noc2ncnc(N3CCC(C(=O)N4CCC(C)CC4)CC3)c12. The monoisotopic (exact) mass is 343 g/mol. The number of fused-ring (bicyclic) bond motifs is 1. The minimum Gasteiger partial charge on any atom is -0.356 e. The summed E-state index contributed by atoms with van der Waals surface area (Å²) in [5.41, 5.74) is 1.34. The number of rotatable bonds is 2. The molecule has 0 N–H and O–H groups in total. The van der Waals surface area contributed by atoms with E-state index in [1.54, 1.807) is 0 Å². The average molecular weight is 343 g/mol. The van der Waals surface area contributed by atoms with E-state index in [-0.39, 0.29) is 5.92 Å². The Morgan fingerprint density at radius 2 is 1.84 bits per heavy atom. The molecule has 2 aromatic rings. The van der Waals surface area contributed by atoms with Crippen LogP contribution in [0.25, 0.3) is 11.1 Å². The van der Waals surface area contributed by atoms with Gasteiger partial charge in [-0.05, 0) is 38.5 Å². The van der Waals surface area contributed by atoms with E-state index in [1.165, 1.54) is 6.33 Å². The summed E-state index contributed by atoms with van der Waals surface area (Å²) in [5.74, 6) is 2.12. The van der Waals surface area contributed by atoms with Crippen molar-refractivity contribution < 1.29 is 9.32 Å². The van der Waals surface area contributed by atoms with Crippen LogP contribution in [0.5, 0.6) is 0 Å². The van der Waals surface area contributed by atoms with Crippen molar-refractivity contribution in [2.45, 2.75) is 39.5 Å². The van der Waals surface area contributed by atoms with Gasteiger partial charge in [0.1, 0.15) is 17.5 Å². The summed E-state index contributed by atoms with van der Waals surface area (Å²) in [5, 5.41) is 4.88. The first-order valence-corrected chi connectivity index (χ1v) is 9.24. The van der Waals surface area contributed by atoms with Gasteiger partial charge in [0.25, 0.3) is 5.71 Å². The average Bonchev–Trinajstić information content (AvgIpc) is 3.03. The molecule has 0 bridgehead atoms. The van der Waals surface area contributed by atoms with E-state index >= 15 is 0 Å². The summed E-state index contributed by atoms with van der Waals surface area (Å²) in [6, 6.07) is 0. The molecule has 7 heteroatoms. The molecule has 2 aromatic heterocycles. The second kappa shape index (κ2) is 6.61. The van der Waals surface area contributed by atoms with Gasteiger partial charge in [-0.2, -0.15) is 4.98 Å². The third-order valence-electron chi connectivity index (χ3n) is 5.66. The lowest BCUT2D eigenvalue weighted by molar-refractivity contribution is -0.137. The summed E-state index contributed by atoms with van der Waals surface area (Å²) in [6.07, 6.45) is 5.54. The summed E-state index contributed by atoms with van der Waals surface area (Å²) in [4.78, 5) is 25.7. The van der Waals surface area contributed by atoms with E-state index in [0.717, 1.165) is 74.7 Å². The largest absolute Gasteiger partial charge is 0.356 e. The van der Waals surface area contributed by atoms with Crippen LogP contribution in [0.15, 0.2) is 10.9 Å². The molecular formula is C18H25N5O2. The quantitative estimate of drug-likeness (QED) is 0.833. The zero-order valence-corrected chi connectivity index (χ0v) is 14.9. The fourth-order valence-corrected chi connectivity index (χ4v) is 3.97. The molecule has 0 saturated carbocycles. The highest BCUT2D eigenvalue weighted by Gasteiger charge is 2.31. The molecule has 1 amide bonds. The van der Waals surface area contributed by atoms with Crippen molar-refractivity contribution in [1.82, 2.24) is 20.0 Å². The first-order valence-electron chi connectivity index (χ1n) is 9.24. The molecule has 4 rings (SSSR count). The zero-order valence-electron chi connectivity index (χ0n) is 14.9. The highest BCUT2D eigenvalue weighted by atomic mass is 16.5. The number of anilines is 1. The second-order valence-corrected chi connectivity index (χ2v) is 7.41. The van der Waals surface area contributed by atoms with Gasteiger partial charge >= 0.3 is 0 Å². The molecule has 134 valence electrons. The molecule has 4 heterocycles. The van der Waals surface area contributed by atoms with Gasteiger partial charge in [-0.15, -0.1) is 0 Å². The van der Waals surface area contributed by atoms with Gasteiger partial charge < -0.3 is 14.3 Å². The van der Waals surface area contributed by atoms with Gasteiger partial charge in [0.15, 0.2) is 0 Å². The topological polar surface area (TPSA) is 75.4 Å². The van der Waals surface area contributed by atoms with E-state index in [1.807, 2.05) is 6.92 Å². The normalized spacial score (nSPS) is 20.4. The van der Waals surface area contributed by atoms with Crippen LogP contribution < -0.4 is 4.90 Å². The van der Waals surface area contributed by atoms with Crippen LogP contribution >= 0.6 is 0 Å². The molecule has 0 spiro atoms. The van der Waals surface area contributed by atoms with Crippen molar-refractivity contribution in [3.63, 3.8) is 0 Å². The van der Waals surface area contributed by atoms with Gasteiger partial charge in [-0.25, -0.2) is 4.98 Å². The predicted octanol–water partition coefficient (Wildman–Crippen LogP) is 2.40. The molecule has 2 saturated heterocycles. The maximum atomic E-state index is 12.8. The van der Waals surface area contributed by atoms with Crippen LogP contribution in [-0.2, 0) is 4.79 Å². The number of aromatic nitrogens is 3. The Bertz CT molecular complexity index is 758. The van der Waals surface area contributed by atoms with E-state index in [2.05, 4.69) is 31.8 Å². The van der Waals surface area contributed by atoms with Gasteiger partial charge in [0.05, 0.1) is 5.69 Å². The number of hydrogen-bond donors (Lipinski definition) is 0. The lowest BCUT2D eigenvalue weighted by Crippen LogP contribution is -2.45. The number of nitrogens with zero attached hydrogens (tertiary/aromatic N) is 5. The predicted molar refractivity (Wildman–Crippen MR) is 94.3 cm³/mol. The molecule has 2 aliphatic heterocycles. The van der Waals surface area contributed by atoms with Crippen molar-refractivity contribution in [2.24, 2.45) is 11.8 Å². The Labute approximate surface area is 147 Å². The van der Waals surface area contributed by atoms with Crippen molar-refractivity contribution in [2.75, 3.05) is 31.1 Å². The lowest BCUT2D eigenvalue weighted by atomic mass is 9.92. The number of likely N-dealkylation sites (tertiary alicyclic amines) is 1. The number of aryl methyl sites for hydroxylation is 1. The third kappa shape index (κ3) is 3.07. The smallest absolute Gasteiger partial charge is 0.263 e. The van der Waals surface area contributed by atoms with Crippen molar-refractivity contribution >= 4 is 22.8 Å². The molecule has 0 aliphatic carbocycles. The third-order valence-corrected chi connectivity index (χ3v) is 5.66. The summed E-state index contributed by atoms with van der Waals surface area (Å²) < 4.78 is 5.24. The maximum Gasteiger partial charge on any atom is 0.263 e. The lowest BCUT2D eigenvalue weighted by Gasteiger charge is -2.37. The zero-order chi connectivity index (χ0) is 17.4. The van der Waals surface area contributed by atoms with Crippen LogP contribution in [0.1, 0.15) is 38.3 Å². The Kier molecular flexibility index (Phi) is 4.31. The van der Waals surface area contributed by atoms with Gasteiger partial charge in [-0.1, -0.05) is 12.1 Å². The van der Waals surface area contributed by atoms with Crippen molar-refractivity contribution in [3.8, 4) is 0 Å².